The van der Waals surface area contributed by atoms with Crippen LogP contribution in [0.1, 0.15) is 74.1 Å². The minimum atomic E-state index is -0.329. The van der Waals surface area contributed by atoms with E-state index in [-0.39, 0.29) is 22.6 Å². The van der Waals surface area contributed by atoms with Gasteiger partial charge in [-0.25, -0.2) is 4.79 Å². The van der Waals surface area contributed by atoms with E-state index in [0.29, 0.717) is 23.3 Å². The number of carbonyl (C=O) groups excluding carboxylic acids is 2. The molecule has 0 bridgehead atoms. The summed E-state index contributed by atoms with van der Waals surface area (Å²) in [6, 6.07) is 0. The third-order valence-corrected chi connectivity index (χ3v) is 3.93. The third-order valence-electron chi connectivity index (χ3n) is 3.93. The normalized spacial score (nSPS) is 15.8. The Morgan fingerprint density at radius 1 is 1.00 bits per heavy atom. The van der Waals surface area contributed by atoms with Gasteiger partial charge in [0.2, 0.25) is 0 Å². The highest BCUT2D eigenvalue weighted by Gasteiger charge is 2.34. The predicted octanol–water partition coefficient (Wildman–Crippen LogP) is 4.99. The van der Waals surface area contributed by atoms with Crippen LogP contribution in [0.2, 0.25) is 0 Å². The molecule has 0 aliphatic heterocycles. The number of hydrogen-bond acceptors (Lipinski definition) is 4. The van der Waals surface area contributed by atoms with Crippen LogP contribution >= 0.6 is 0 Å². The summed E-state index contributed by atoms with van der Waals surface area (Å²) in [6.07, 6.45) is 6.70. The van der Waals surface area contributed by atoms with Gasteiger partial charge < -0.3 is 4.84 Å². The summed E-state index contributed by atoms with van der Waals surface area (Å²) in [5.41, 5.74) is 1.31. The lowest BCUT2D eigenvalue weighted by molar-refractivity contribution is -0.143. The van der Waals surface area contributed by atoms with E-state index < -0.39 is 0 Å². The molecule has 0 radical (unpaired) electrons. The summed E-state index contributed by atoms with van der Waals surface area (Å²) in [6.45, 7) is 14.1. The largest absolute Gasteiger partial charge is 0.335 e. The molecule has 0 N–H and O–H groups in total. The molecular weight excluding hydrogens is 302 g/mol. The molecule has 0 saturated heterocycles. The van der Waals surface area contributed by atoms with Crippen LogP contribution in [0.15, 0.2) is 28.5 Å². The molecule has 0 spiro atoms. The maximum absolute atomic E-state index is 12.8. The first kappa shape index (κ1) is 20.3. The molecule has 0 aromatic carbocycles. The minimum absolute atomic E-state index is 0.0447. The van der Waals surface area contributed by atoms with Crippen molar-refractivity contribution in [2.75, 3.05) is 0 Å². The fraction of sp³-hybridized carbons (Fsp3) is 0.650. The number of oxime groups is 1. The van der Waals surface area contributed by atoms with E-state index in [9.17, 15) is 9.59 Å². The molecule has 1 aliphatic carbocycles. The van der Waals surface area contributed by atoms with Crippen molar-refractivity contribution >= 4 is 17.5 Å². The second-order valence-electron chi connectivity index (χ2n) is 8.38. The number of allylic oxidation sites excluding steroid dienone is 4. The lowest BCUT2D eigenvalue weighted by Gasteiger charge is -2.30. The van der Waals surface area contributed by atoms with Gasteiger partial charge in [0.05, 0.1) is 0 Å². The van der Waals surface area contributed by atoms with Crippen molar-refractivity contribution in [3.8, 4) is 0 Å². The van der Waals surface area contributed by atoms with Crippen LogP contribution in [-0.4, -0.2) is 17.5 Å². The second-order valence-corrected chi connectivity index (χ2v) is 8.38. The van der Waals surface area contributed by atoms with Crippen molar-refractivity contribution in [3.63, 3.8) is 0 Å². The van der Waals surface area contributed by atoms with Gasteiger partial charge in [0.25, 0.3) is 0 Å². The monoisotopic (exact) mass is 333 g/mol. The van der Waals surface area contributed by atoms with Crippen molar-refractivity contribution in [2.24, 2.45) is 16.0 Å². The van der Waals surface area contributed by atoms with Gasteiger partial charge in [-0.1, -0.05) is 66.5 Å². The Hall–Kier alpha value is -1.71. The average molecular weight is 333 g/mol. The molecule has 0 unspecified atom stereocenters. The van der Waals surface area contributed by atoms with Crippen LogP contribution in [0, 0.1) is 10.8 Å². The molecule has 0 atom stereocenters. The van der Waals surface area contributed by atoms with Crippen LogP contribution < -0.4 is 0 Å². The number of nitrogens with zero attached hydrogens (tertiary/aromatic N) is 1. The quantitative estimate of drug-likeness (QED) is 0.308. The lowest BCUT2D eigenvalue weighted by Crippen LogP contribution is -2.29. The zero-order chi connectivity index (χ0) is 18.5. The van der Waals surface area contributed by atoms with Crippen molar-refractivity contribution in [1.82, 2.24) is 0 Å². The number of unbranched alkanes of at least 4 members (excludes halogenated alkanes) is 2. The van der Waals surface area contributed by atoms with E-state index in [0.717, 1.165) is 19.3 Å². The van der Waals surface area contributed by atoms with Crippen LogP contribution in [0.25, 0.3) is 0 Å². The van der Waals surface area contributed by atoms with Gasteiger partial charge in [-0.05, 0) is 29.4 Å². The first-order valence-corrected chi connectivity index (χ1v) is 8.73. The van der Waals surface area contributed by atoms with E-state index in [1.165, 1.54) is 0 Å². The Balaban J connectivity index is 3.04. The minimum Gasteiger partial charge on any atom is -0.318 e. The van der Waals surface area contributed by atoms with Crippen molar-refractivity contribution < 1.29 is 14.4 Å². The molecule has 0 heterocycles. The standard InChI is InChI=1S/C20H31NO3/c1-8-9-10-11-17(22)24-21-14-12-15(19(2,3)4)18(23)16(13-14)20(5,6)7/h12-13H,8-11H2,1-7H3. The Bertz CT molecular complexity index is 545. The third kappa shape index (κ3) is 5.73. The number of rotatable bonds is 5. The van der Waals surface area contributed by atoms with E-state index >= 15 is 0 Å². The van der Waals surface area contributed by atoms with Crippen LogP contribution in [-0.2, 0) is 14.4 Å². The summed E-state index contributed by atoms with van der Waals surface area (Å²) < 4.78 is 0. The highest BCUT2D eigenvalue weighted by molar-refractivity contribution is 6.22. The fourth-order valence-electron chi connectivity index (χ4n) is 2.45. The predicted molar refractivity (Wildman–Crippen MR) is 97.8 cm³/mol. The molecule has 134 valence electrons. The Kier molecular flexibility index (Phi) is 6.70. The number of ketones is 1. The molecule has 0 amide bonds. The SMILES string of the molecule is CCCCCC(=O)ON=C1C=C(C(C)(C)C)C(=O)C(C(C)(C)C)=C1. The summed E-state index contributed by atoms with van der Waals surface area (Å²) in [5.74, 6) is -0.285. The lowest BCUT2D eigenvalue weighted by atomic mass is 9.72. The topological polar surface area (TPSA) is 55.7 Å². The first-order chi connectivity index (χ1) is 11.0. The molecule has 0 aromatic heterocycles. The Labute approximate surface area is 146 Å². The second kappa shape index (κ2) is 7.91. The average Bonchev–Trinajstić information content (AvgIpc) is 2.44. The van der Waals surface area contributed by atoms with Gasteiger partial charge in [-0.15, -0.1) is 0 Å². The van der Waals surface area contributed by atoms with Crippen LogP contribution in [0.5, 0.6) is 0 Å². The van der Waals surface area contributed by atoms with Gasteiger partial charge in [0.1, 0.15) is 5.71 Å². The highest BCUT2D eigenvalue weighted by Crippen LogP contribution is 2.36. The maximum Gasteiger partial charge on any atom is 0.335 e. The van der Waals surface area contributed by atoms with Gasteiger partial charge in [0.15, 0.2) is 5.78 Å². The molecule has 4 heteroatoms. The Morgan fingerprint density at radius 3 is 1.92 bits per heavy atom. The number of hydrogen-bond donors (Lipinski definition) is 0. The van der Waals surface area contributed by atoms with Gasteiger partial charge >= 0.3 is 5.97 Å². The summed E-state index contributed by atoms with van der Waals surface area (Å²) in [4.78, 5) is 29.6. The molecule has 1 aliphatic rings. The summed E-state index contributed by atoms with van der Waals surface area (Å²) >= 11 is 0. The van der Waals surface area contributed by atoms with Crippen molar-refractivity contribution in [3.05, 3.63) is 23.3 Å². The molecule has 0 saturated carbocycles. The molecule has 0 fully saturated rings. The fourth-order valence-corrected chi connectivity index (χ4v) is 2.45. The van der Waals surface area contributed by atoms with Crippen molar-refractivity contribution in [1.29, 1.82) is 0 Å². The Morgan fingerprint density at radius 2 is 1.50 bits per heavy atom. The zero-order valence-electron chi connectivity index (χ0n) is 16.2. The summed E-state index contributed by atoms with van der Waals surface area (Å²) in [7, 11) is 0. The van der Waals surface area contributed by atoms with E-state index in [2.05, 4.69) is 12.1 Å². The molecule has 0 aromatic rings. The van der Waals surface area contributed by atoms with Gasteiger partial charge in [-0.2, -0.15) is 0 Å². The zero-order valence-corrected chi connectivity index (χ0v) is 16.2. The van der Waals surface area contributed by atoms with E-state index in [1.807, 2.05) is 41.5 Å². The van der Waals surface area contributed by atoms with E-state index in [4.69, 9.17) is 4.84 Å². The van der Waals surface area contributed by atoms with E-state index in [1.54, 1.807) is 12.2 Å². The van der Waals surface area contributed by atoms with Crippen LogP contribution in [0.4, 0.5) is 0 Å². The first-order valence-electron chi connectivity index (χ1n) is 8.73. The number of Topliss-reactive ketones (excluding diaryl/α,β-unsaturated/α-hetero) is 1. The van der Waals surface area contributed by atoms with Crippen molar-refractivity contribution in [2.45, 2.75) is 74.1 Å². The smallest absolute Gasteiger partial charge is 0.318 e. The molecule has 1 rings (SSSR count). The van der Waals surface area contributed by atoms with Gasteiger partial charge in [-0.3, -0.25) is 4.79 Å². The highest BCUT2D eigenvalue weighted by atomic mass is 16.7. The molecule has 4 nitrogen and oxygen atoms in total. The molecular formula is C20H31NO3. The summed E-state index contributed by atoms with van der Waals surface area (Å²) in [5, 5.41) is 3.99. The van der Waals surface area contributed by atoms with Gasteiger partial charge in [0, 0.05) is 17.6 Å². The van der Waals surface area contributed by atoms with Crippen LogP contribution in [0.3, 0.4) is 0 Å². The number of carbonyl (C=O) groups is 2. The molecule has 24 heavy (non-hydrogen) atoms. The maximum atomic E-state index is 12.8.